The predicted molar refractivity (Wildman–Crippen MR) is 78.2 cm³/mol. The van der Waals surface area contributed by atoms with Gasteiger partial charge >= 0.3 is 0 Å². The van der Waals surface area contributed by atoms with E-state index in [1.54, 1.807) is 0 Å². The molecule has 0 aliphatic carbocycles. The van der Waals surface area contributed by atoms with Crippen molar-refractivity contribution in [1.29, 1.82) is 0 Å². The van der Waals surface area contributed by atoms with Crippen molar-refractivity contribution in [2.24, 2.45) is 0 Å². The van der Waals surface area contributed by atoms with E-state index in [-0.39, 0.29) is 0 Å². The van der Waals surface area contributed by atoms with E-state index in [0.29, 0.717) is 0 Å². The summed E-state index contributed by atoms with van der Waals surface area (Å²) in [5.41, 5.74) is 2.54. The fourth-order valence-electron chi connectivity index (χ4n) is 1.74. The molecule has 17 heavy (non-hydrogen) atoms. The molecule has 0 spiro atoms. The second-order valence-corrected chi connectivity index (χ2v) is 5.25. The van der Waals surface area contributed by atoms with Crippen molar-refractivity contribution in [1.82, 2.24) is 10.2 Å². The number of halogens is 1. The van der Waals surface area contributed by atoms with Gasteiger partial charge < -0.3 is 5.32 Å². The van der Waals surface area contributed by atoms with Crippen LogP contribution in [0, 0.1) is 0 Å². The lowest BCUT2D eigenvalue weighted by Gasteiger charge is -2.18. The maximum atomic E-state index is 4.08. The first kappa shape index (κ1) is 14.4. The zero-order chi connectivity index (χ0) is 12.7. The van der Waals surface area contributed by atoms with Crippen LogP contribution in [-0.4, -0.2) is 31.6 Å². The molecular weight excluding hydrogens is 276 g/mol. The molecule has 0 aliphatic heterocycles. The Hall–Kier alpha value is -0.640. The second-order valence-electron chi connectivity index (χ2n) is 4.33. The van der Waals surface area contributed by atoms with Crippen molar-refractivity contribution in [3.05, 3.63) is 46.5 Å². The third-order valence-electron chi connectivity index (χ3n) is 2.46. The van der Waals surface area contributed by atoms with Crippen LogP contribution in [0.3, 0.4) is 0 Å². The standard InChI is InChI=1S/C14H21BrN2/c1-4-16-9-12(2)10-17(3)11-13-6-5-7-14(15)8-13/h5-8,16H,2,4,9-11H2,1,3H3. The number of nitrogens with one attached hydrogen (secondary N) is 1. The van der Waals surface area contributed by atoms with E-state index >= 15 is 0 Å². The molecule has 1 N–H and O–H groups in total. The number of hydrogen-bond acceptors (Lipinski definition) is 2. The van der Waals surface area contributed by atoms with Crippen LogP contribution in [0.4, 0.5) is 0 Å². The monoisotopic (exact) mass is 296 g/mol. The Kier molecular flexibility index (Phi) is 6.48. The van der Waals surface area contributed by atoms with Gasteiger partial charge in [-0.15, -0.1) is 0 Å². The van der Waals surface area contributed by atoms with Gasteiger partial charge in [0.25, 0.3) is 0 Å². The molecule has 1 rings (SSSR count). The van der Waals surface area contributed by atoms with Gasteiger partial charge in [0, 0.05) is 24.1 Å². The average Bonchev–Trinajstić information content (AvgIpc) is 2.26. The Bertz CT molecular complexity index is 363. The zero-order valence-electron chi connectivity index (χ0n) is 10.7. The maximum Gasteiger partial charge on any atom is 0.0234 e. The summed E-state index contributed by atoms with van der Waals surface area (Å²) in [5, 5.41) is 3.29. The van der Waals surface area contributed by atoms with Gasteiger partial charge in [-0.1, -0.05) is 41.6 Å². The fourth-order valence-corrected chi connectivity index (χ4v) is 2.19. The van der Waals surface area contributed by atoms with Crippen molar-refractivity contribution < 1.29 is 0 Å². The molecule has 0 heterocycles. The van der Waals surface area contributed by atoms with Crippen molar-refractivity contribution in [2.75, 3.05) is 26.7 Å². The SMILES string of the molecule is C=C(CNCC)CN(C)Cc1cccc(Br)c1. The van der Waals surface area contributed by atoms with E-state index in [1.165, 1.54) is 11.1 Å². The molecule has 0 fully saturated rings. The highest BCUT2D eigenvalue weighted by molar-refractivity contribution is 9.10. The normalized spacial score (nSPS) is 10.8. The first-order chi connectivity index (χ1) is 8.11. The number of nitrogens with zero attached hydrogens (tertiary/aromatic N) is 1. The quantitative estimate of drug-likeness (QED) is 0.778. The minimum atomic E-state index is 0.902. The molecule has 0 saturated carbocycles. The molecule has 0 aliphatic rings. The first-order valence-electron chi connectivity index (χ1n) is 5.92. The molecule has 0 radical (unpaired) electrons. The van der Waals surface area contributed by atoms with E-state index in [2.05, 4.69) is 64.9 Å². The molecule has 2 nitrogen and oxygen atoms in total. The van der Waals surface area contributed by atoms with E-state index in [9.17, 15) is 0 Å². The van der Waals surface area contributed by atoms with Gasteiger partial charge in [0.05, 0.1) is 0 Å². The fraction of sp³-hybridized carbons (Fsp3) is 0.429. The summed E-state index contributed by atoms with van der Waals surface area (Å²) in [6.45, 7) is 9.96. The van der Waals surface area contributed by atoms with Crippen LogP contribution >= 0.6 is 15.9 Å². The lowest BCUT2D eigenvalue weighted by molar-refractivity contribution is 0.352. The molecule has 0 unspecified atom stereocenters. The largest absolute Gasteiger partial charge is 0.313 e. The first-order valence-corrected chi connectivity index (χ1v) is 6.71. The number of likely N-dealkylation sites (N-methyl/N-ethyl adjacent to an activating group) is 2. The summed E-state index contributed by atoms with van der Waals surface area (Å²) in [5.74, 6) is 0. The van der Waals surface area contributed by atoms with E-state index in [4.69, 9.17) is 0 Å². The van der Waals surface area contributed by atoms with Crippen molar-refractivity contribution >= 4 is 15.9 Å². The Morgan fingerprint density at radius 2 is 2.24 bits per heavy atom. The second kappa shape index (κ2) is 7.64. The number of benzene rings is 1. The molecule has 0 aromatic heterocycles. The Labute approximate surface area is 113 Å². The highest BCUT2D eigenvalue weighted by Crippen LogP contribution is 2.13. The summed E-state index contributed by atoms with van der Waals surface area (Å²) >= 11 is 3.49. The zero-order valence-corrected chi connectivity index (χ0v) is 12.3. The topological polar surface area (TPSA) is 15.3 Å². The average molecular weight is 297 g/mol. The maximum absolute atomic E-state index is 4.08. The lowest BCUT2D eigenvalue weighted by atomic mass is 10.2. The molecule has 0 atom stereocenters. The van der Waals surface area contributed by atoms with Gasteiger partial charge in [0.1, 0.15) is 0 Å². The van der Waals surface area contributed by atoms with Gasteiger partial charge in [-0.2, -0.15) is 0 Å². The van der Waals surface area contributed by atoms with Gasteiger partial charge in [-0.25, -0.2) is 0 Å². The van der Waals surface area contributed by atoms with Crippen LogP contribution in [-0.2, 0) is 6.54 Å². The predicted octanol–water partition coefficient (Wildman–Crippen LogP) is 3.05. The highest BCUT2D eigenvalue weighted by atomic mass is 79.9. The van der Waals surface area contributed by atoms with E-state index < -0.39 is 0 Å². The Morgan fingerprint density at radius 1 is 1.47 bits per heavy atom. The molecule has 0 bridgehead atoms. The van der Waals surface area contributed by atoms with E-state index in [0.717, 1.165) is 30.7 Å². The van der Waals surface area contributed by atoms with Crippen LogP contribution in [0.5, 0.6) is 0 Å². The Morgan fingerprint density at radius 3 is 2.88 bits per heavy atom. The molecule has 1 aromatic carbocycles. The number of hydrogen-bond donors (Lipinski definition) is 1. The van der Waals surface area contributed by atoms with Gasteiger partial charge in [0.2, 0.25) is 0 Å². The molecule has 0 amide bonds. The molecule has 1 aromatic rings. The Balaban J connectivity index is 2.39. The van der Waals surface area contributed by atoms with E-state index in [1.807, 2.05) is 6.07 Å². The van der Waals surface area contributed by atoms with Crippen molar-refractivity contribution in [2.45, 2.75) is 13.5 Å². The minimum absolute atomic E-state index is 0.902. The van der Waals surface area contributed by atoms with Gasteiger partial charge in [-0.3, -0.25) is 4.90 Å². The third-order valence-corrected chi connectivity index (χ3v) is 2.95. The number of rotatable bonds is 7. The summed E-state index contributed by atoms with van der Waals surface area (Å²) in [6.07, 6.45) is 0. The molecule has 0 saturated heterocycles. The molecule has 3 heteroatoms. The van der Waals surface area contributed by atoms with Gasteiger partial charge in [0.15, 0.2) is 0 Å². The van der Waals surface area contributed by atoms with Crippen LogP contribution in [0.25, 0.3) is 0 Å². The summed E-state index contributed by atoms with van der Waals surface area (Å²) in [7, 11) is 2.12. The minimum Gasteiger partial charge on any atom is -0.313 e. The van der Waals surface area contributed by atoms with Crippen LogP contribution in [0.15, 0.2) is 40.9 Å². The van der Waals surface area contributed by atoms with Crippen LogP contribution in [0.1, 0.15) is 12.5 Å². The van der Waals surface area contributed by atoms with Gasteiger partial charge in [-0.05, 0) is 36.9 Å². The lowest BCUT2D eigenvalue weighted by Crippen LogP contribution is -2.25. The van der Waals surface area contributed by atoms with Crippen LogP contribution in [0.2, 0.25) is 0 Å². The van der Waals surface area contributed by atoms with Crippen molar-refractivity contribution in [3.63, 3.8) is 0 Å². The smallest absolute Gasteiger partial charge is 0.0234 e. The third kappa shape index (κ3) is 6.01. The summed E-state index contributed by atoms with van der Waals surface area (Å²) in [4.78, 5) is 2.28. The van der Waals surface area contributed by atoms with Crippen LogP contribution < -0.4 is 5.32 Å². The molecular formula is C14H21BrN2. The summed E-state index contributed by atoms with van der Waals surface area (Å²) in [6, 6.07) is 8.42. The summed E-state index contributed by atoms with van der Waals surface area (Å²) < 4.78 is 1.13. The van der Waals surface area contributed by atoms with Crippen molar-refractivity contribution in [3.8, 4) is 0 Å². The highest BCUT2D eigenvalue weighted by Gasteiger charge is 2.02. The molecule has 94 valence electrons.